The van der Waals surface area contributed by atoms with Gasteiger partial charge >= 0.3 is 0 Å². The number of fused-ring (bicyclic) bond motifs is 2. The number of anilines is 1. The summed E-state index contributed by atoms with van der Waals surface area (Å²) >= 11 is 6.00. The van der Waals surface area contributed by atoms with E-state index in [2.05, 4.69) is 15.8 Å². The van der Waals surface area contributed by atoms with Gasteiger partial charge in [-0.05, 0) is 92.1 Å². The zero-order chi connectivity index (χ0) is 32.0. The van der Waals surface area contributed by atoms with E-state index in [-0.39, 0.29) is 18.6 Å². The lowest BCUT2D eigenvalue weighted by atomic mass is 10.0. The number of pyridine rings is 1. The molecule has 2 heterocycles. The minimum Gasteiger partial charge on any atom is -0.493 e. The molecule has 1 aromatic heterocycles. The molecule has 2 N–H and O–H groups in total. The number of nitrogens with zero attached hydrogens (tertiary/aromatic N) is 2. The minimum atomic E-state index is -0.375. The van der Waals surface area contributed by atoms with Crippen LogP contribution in [-0.2, 0) is 4.79 Å². The van der Waals surface area contributed by atoms with Crippen LogP contribution >= 0.6 is 11.6 Å². The van der Waals surface area contributed by atoms with Crippen molar-refractivity contribution in [2.45, 2.75) is 26.7 Å². The molecule has 232 valence electrons. The van der Waals surface area contributed by atoms with Gasteiger partial charge in [0.15, 0.2) is 11.5 Å². The number of halogens is 1. The maximum Gasteiger partial charge on any atom is 0.272 e. The van der Waals surface area contributed by atoms with E-state index >= 15 is 0 Å². The topological polar surface area (TPSA) is 111 Å². The number of hydrogen-bond acceptors (Lipinski definition) is 7. The summed E-state index contributed by atoms with van der Waals surface area (Å²) in [6.45, 7) is 4.30. The molecule has 4 aromatic carbocycles. The molecule has 0 fully saturated rings. The van der Waals surface area contributed by atoms with Crippen LogP contribution in [0.1, 0.15) is 41.3 Å². The Labute approximate surface area is 271 Å². The molecule has 0 atom stereocenters. The molecule has 10 heteroatoms. The van der Waals surface area contributed by atoms with Gasteiger partial charge in [-0.25, -0.2) is 10.4 Å². The maximum atomic E-state index is 13.5. The second kappa shape index (κ2) is 13.7. The molecular weight excluding hydrogens is 604 g/mol. The van der Waals surface area contributed by atoms with Crippen molar-refractivity contribution in [2.24, 2.45) is 5.10 Å². The molecule has 0 radical (unpaired) electrons. The first kappa shape index (κ1) is 30.6. The maximum absolute atomic E-state index is 13.5. The van der Waals surface area contributed by atoms with Crippen molar-refractivity contribution in [3.63, 3.8) is 0 Å². The van der Waals surface area contributed by atoms with Crippen molar-refractivity contribution in [2.75, 3.05) is 18.7 Å². The Bertz CT molecular complexity index is 1980. The number of hydrogen-bond donors (Lipinski definition) is 2. The third-order valence-electron chi connectivity index (χ3n) is 7.46. The molecule has 5 aromatic rings. The molecule has 1 aliphatic heterocycles. The molecule has 0 unspecified atom stereocenters. The van der Waals surface area contributed by atoms with Crippen LogP contribution in [0.15, 0.2) is 96.1 Å². The lowest BCUT2D eigenvalue weighted by molar-refractivity contribution is -0.116. The highest BCUT2D eigenvalue weighted by Crippen LogP contribution is 2.36. The summed E-state index contributed by atoms with van der Waals surface area (Å²) in [6.07, 6.45) is 0.855. The second-order valence-corrected chi connectivity index (χ2v) is 11.2. The van der Waals surface area contributed by atoms with Crippen LogP contribution < -0.4 is 25.0 Å². The fraction of sp³-hybridized carbons (Fsp3) is 0.167. The third-order valence-corrected chi connectivity index (χ3v) is 7.70. The number of amides is 2. The standard InChI is InChI=1S/C36H31ClN4O5/c1-22-17-26(37)13-15-32(22)44-16-6-11-35(42)38-27-8-5-7-24(18-27)23(2)40-41-36(43)29-20-31(39-30-10-4-3-9-28(29)30)25-12-14-33-34(19-25)46-21-45-33/h3-5,7-10,12-15,17-20H,6,11,16,21H2,1-2H3,(H,38,42)(H,41,43)/b40-23+. The first-order valence-electron chi connectivity index (χ1n) is 14.8. The van der Waals surface area contributed by atoms with Crippen molar-refractivity contribution in [3.8, 4) is 28.5 Å². The predicted octanol–water partition coefficient (Wildman–Crippen LogP) is 7.54. The third kappa shape index (κ3) is 7.11. The van der Waals surface area contributed by atoms with Gasteiger partial charge in [-0.2, -0.15) is 5.10 Å². The van der Waals surface area contributed by atoms with Gasteiger partial charge in [0.2, 0.25) is 12.7 Å². The Kier molecular flexibility index (Phi) is 9.12. The summed E-state index contributed by atoms with van der Waals surface area (Å²) in [7, 11) is 0. The van der Waals surface area contributed by atoms with Crippen LogP contribution in [-0.4, -0.2) is 35.9 Å². The number of hydrazone groups is 1. The van der Waals surface area contributed by atoms with Gasteiger partial charge in [0.05, 0.1) is 29.1 Å². The number of nitrogens with one attached hydrogen (secondary N) is 2. The quantitative estimate of drug-likeness (QED) is 0.0932. The van der Waals surface area contributed by atoms with Crippen LogP contribution in [0.25, 0.3) is 22.2 Å². The van der Waals surface area contributed by atoms with Crippen molar-refractivity contribution in [3.05, 3.63) is 113 Å². The van der Waals surface area contributed by atoms with Crippen LogP contribution in [0.5, 0.6) is 17.2 Å². The van der Waals surface area contributed by atoms with E-state index in [9.17, 15) is 9.59 Å². The first-order chi connectivity index (χ1) is 22.3. The van der Waals surface area contributed by atoms with Crippen molar-refractivity contribution >= 4 is 45.7 Å². The molecule has 0 aliphatic carbocycles. The van der Waals surface area contributed by atoms with Crippen molar-refractivity contribution < 1.29 is 23.8 Å². The molecule has 1 aliphatic rings. The van der Waals surface area contributed by atoms with Crippen LogP contribution in [0, 0.1) is 6.92 Å². The van der Waals surface area contributed by atoms with E-state index in [1.807, 2.05) is 85.8 Å². The van der Waals surface area contributed by atoms with E-state index in [4.69, 9.17) is 30.8 Å². The first-order valence-corrected chi connectivity index (χ1v) is 15.2. The second-order valence-electron chi connectivity index (χ2n) is 10.8. The number of ether oxygens (including phenoxy) is 3. The van der Waals surface area contributed by atoms with Gasteiger partial charge in [-0.15, -0.1) is 0 Å². The van der Waals surface area contributed by atoms with Crippen LogP contribution in [0.2, 0.25) is 5.02 Å². The zero-order valence-corrected chi connectivity index (χ0v) is 26.1. The molecule has 46 heavy (non-hydrogen) atoms. The van der Waals surface area contributed by atoms with Gasteiger partial charge in [-0.3, -0.25) is 9.59 Å². The summed E-state index contributed by atoms with van der Waals surface area (Å²) < 4.78 is 16.7. The molecule has 0 spiro atoms. The van der Waals surface area contributed by atoms with Gasteiger partial charge in [0.1, 0.15) is 5.75 Å². The van der Waals surface area contributed by atoms with E-state index in [0.717, 1.165) is 22.4 Å². The Hall–Kier alpha value is -5.41. The summed E-state index contributed by atoms with van der Waals surface area (Å²) in [5, 5.41) is 8.66. The smallest absolute Gasteiger partial charge is 0.272 e. The van der Waals surface area contributed by atoms with Crippen molar-refractivity contribution in [1.82, 2.24) is 10.4 Å². The highest BCUT2D eigenvalue weighted by Gasteiger charge is 2.18. The number of rotatable bonds is 10. The fourth-order valence-corrected chi connectivity index (χ4v) is 5.29. The van der Waals surface area contributed by atoms with E-state index < -0.39 is 0 Å². The van der Waals surface area contributed by atoms with Crippen LogP contribution in [0.3, 0.4) is 0 Å². The Morgan fingerprint density at radius 1 is 0.957 bits per heavy atom. The van der Waals surface area contributed by atoms with Gasteiger partial charge < -0.3 is 19.5 Å². The SMILES string of the molecule is C/C(=N\NC(=O)c1cc(-c2ccc3c(c2)OCO3)nc2ccccc12)c1cccc(NC(=O)CCCOc2ccc(Cl)cc2C)c1. The Morgan fingerprint density at radius 2 is 1.80 bits per heavy atom. The van der Waals surface area contributed by atoms with E-state index in [0.29, 0.717) is 69.5 Å². The number of carbonyl (C=O) groups is 2. The lowest BCUT2D eigenvalue weighted by Crippen LogP contribution is -2.20. The molecule has 0 saturated carbocycles. The largest absolute Gasteiger partial charge is 0.493 e. The van der Waals surface area contributed by atoms with Gasteiger partial charge in [0.25, 0.3) is 5.91 Å². The van der Waals surface area contributed by atoms with Gasteiger partial charge in [-0.1, -0.05) is 41.9 Å². The van der Waals surface area contributed by atoms with Gasteiger partial charge in [0, 0.05) is 28.1 Å². The number of carbonyl (C=O) groups excluding carboxylic acids is 2. The average molecular weight is 635 g/mol. The van der Waals surface area contributed by atoms with Crippen LogP contribution in [0.4, 0.5) is 5.69 Å². The molecule has 0 bridgehead atoms. The minimum absolute atomic E-state index is 0.126. The normalized spacial score (nSPS) is 12.2. The fourth-order valence-electron chi connectivity index (χ4n) is 5.06. The number of para-hydroxylation sites is 1. The summed E-state index contributed by atoms with van der Waals surface area (Å²) in [5.74, 6) is 1.56. The number of benzene rings is 4. The molecular formula is C36H31ClN4O5. The molecule has 9 nitrogen and oxygen atoms in total. The molecule has 2 amide bonds. The molecule has 6 rings (SSSR count). The lowest BCUT2D eigenvalue weighted by Gasteiger charge is -2.11. The Morgan fingerprint density at radius 3 is 2.67 bits per heavy atom. The van der Waals surface area contributed by atoms with E-state index in [1.54, 1.807) is 19.1 Å². The highest BCUT2D eigenvalue weighted by molar-refractivity contribution is 6.30. The van der Waals surface area contributed by atoms with Crippen molar-refractivity contribution in [1.29, 1.82) is 0 Å². The Balaban J connectivity index is 1.10. The molecule has 0 saturated heterocycles. The summed E-state index contributed by atoms with van der Waals surface area (Å²) in [5.41, 5.74) is 8.13. The summed E-state index contributed by atoms with van der Waals surface area (Å²) in [4.78, 5) is 30.8. The number of aromatic nitrogens is 1. The predicted molar refractivity (Wildman–Crippen MR) is 179 cm³/mol. The summed E-state index contributed by atoms with van der Waals surface area (Å²) in [6, 6.07) is 27.5. The zero-order valence-electron chi connectivity index (χ0n) is 25.3. The monoisotopic (exact) mass is 634 g/mol. The average Bonchev–Trinajstić information content (AvgIpc) is 3.54. The van der Waals surface area contributed by atoms with E-state index in [1.165, 1.54) is 0 Å². The highest BCUT2D eigenvalue weighted by atomic mass is 35.5. The number of aryl methyl sites for hydroxylation is 1.